The number of piperazine rings is 1. The van der Waals surface area contributed by atoms with Crippen molar-refractivity contribution < 1.29 is 4.79 Å². The topological polar surface area (TPSA) is 70.5 Å². The molecule has 0 atom stereocenters. The molecule has 4 rings (SSSR count). The zero-order chi connectivity index (χ0) is 21.4. The van der Waals surface area contributed by atoms with E-state index in [-0.39, 0.29) is 11.5 Å². The second-order valence-corrected chi connectivity index (χ2v) is 8.77. The van der Waals surface area contributed by atoms with Crippen LogP contribution >= 0.6 is 11.3 Å². The average Bonchev–Trinajstić information content (AvgIpc) is 3.09. The molecule has 0 bridgehead atoms. The Morgan fingerprint density at radius 2 is 1.93 bits per heavy atom. The Bertz CT molecular complexity index is 1160. The van der Waals surface area contributed by atoms with Crippen LogP contribution in [-0.4, -0.2) is 53.1 Å². The Labute approximate surface area is 179 Å². The molecule has 1 amide bonds. The highest BCUT2D eigenvalue weighted by Gasteiger charge is 2.20. The van der Waals surface area contributed by atoms with Gasteiger partial charge in [0.25, 0.3) is 11.5 Å². The molecule has 7 nitrogen and oxygen atoms in total. The summed E-state index contributed by atoms with van der Waals surface area (Å²) < 4.78 is 1.44. The third-order valence-electron chi connectivity index (χ3n) is 5.86. The number of aromatic nitrogens is 2. The zero-order valence-corrected chi connectivity index (χ0v) is 18.7. The first-order valence-corrected chi connectivity index (χ1v) is 11.0. The number of hydrogen-bond acceptors (Lipinski definition) is 6. The number of thiophene rings is 1. The highest BCUT2D eigenvalue weighted by molar-refractivity contribution is 7.20. The van der Waals surface area contributed by atoms with Gasteiger partial charge in [-0.25, -0.2) is 4.98 Å². The number of anilines is 2. The third-order valence-corrected chi connectivity index (χ3v) is 7.06. The molecule has 1 N–H and O–H groups in total. The number of nitrogens with one attached hydrogen (secondary N) is 1. The quantitative estimate of drug-likeness (QED) is 0.696. The molecule has 0 radical (unpaired) electrons. The minimum absolute atomic E-state index is 0.128. The van der Waals surface area contributed by atoms with Crippen molar-refractivity contribution in [2.75, 3.05) is 42.9 Å². The fraction of sp³-hybridized carbons (Fsp3) is 0.409. The van der Waals surface area contributed by atoms with Crippen LogP contribution in [0, 0.1) is 13.8 Å². The van der Waals surface area contributed by atoms with Gasteiger partial charge < -0.3 is 19.7 Å². The first-order valence-electron chi connectivity index (χ1n) is 10.2. The van der Waals surface area contributed by atoms with Crippen LogP contribution < -0.4 is 15.8 Å². The maximum atomic E-state index is 13.0. The molecule has 0 aliphatic carbocycles. The van der Waals surface area contributed by atoms with E-state index in [1.807, 2.05) is 19.9 Å². The van der Waals surface area contributed by atoms with E-state index in [1.165, 1.54) is 27.9 Å². The van der Waals surface area contributed by atoms with Crippen molar-refractivity contribution in [2.45, 2.75) is 20.8 Å². The van der Waals surface area contributed by atoms with Crippen LogP contribution in [0.5, 0.6) is 0 Å². The Balaban J connectivity index is 1.54. The third kappa shape index (κ3) is 3.73. The lowest BCUT2D eigenvalue weighted by Crippen LogP contribution is -2.46. The molecule has 2 aromatic heterocycles. The van der Waals surface area contributed by atoms with E-state index >= 15 is 0 Å². The largest absolute Gasteiger partial charge is 0.369 e. The first kappa shape index (κ1) is 20.6. The Morgan fingerprint density at radius 3 is 2.60 bits per heavy atom. The molecule has 1 aliphatic heterocycles. The van der Waals surface area contributed by atoms with Crippen LogP contribution in [0.3, 0.4) is 0 Å². The van der Waals surface area contributed by atoms with Gasteiger partial charge in [0.2, 0.25) is 0 Å². The summed E-state index contributed by atoms with van der Waals surface area (Å²) in [4.78, 5) is 35.6. The summed E-state index contributed by atoms with van der Waals surface area (Å²) in [6.45, 7) is 11.3. The van der Waals surface area contributed by atoms with E-state index in [0.29, 0.717) is 20.7 Å². The van der Waals surface area contributed by atoms with Gasteiger partial charge in [0.1, 0.15) is 4.83 Å². The smallest absolute Gasteiger partial charge is 0.266 e. The minimum atomic E-state index is -0.204. The monoisotopic (exact) mass is 425 g/mol. The van der Waals surface area contributed by atoms with Gasteiger partial charge in [0.05, 0.1) is 16.6 Å². The van der Waals surface area contributed by atoms with Crippen molar-refractivity contribution in [1.82, 2.24) is 14.5 Å². The molecule has 0 spiro atoms. The van der Waals surface area contributed by atoms with E-state index < -0.39 is 0 Å². The Morgan fingerprint density at radius 1 is 1.20 bits per heavy atom. The Hall–Kier alpha value is -2.71. The number of fused-ring (bicyclic) bond motifs is 1. The van der Waals surface area contributed by atoms with Crippen LogP contribution in [0.1, 0.15) is 27.7 Å². The fourth-order valence-electron chi connectivity index (χ4n) is 3.91. The van der Waals surface area contributed by atoms with Gasteiger partial charge in [0.15, 0.2) is 0 Å². The molecule has 3 heterocycles. The van der Waals surface area contributed by atoms with Crippen LogP contribution in [0.4, 0.5) is 11.4 Å². The lowest BCUT2D eigenvalue weighted by Gasteiger charge is -2.35. The molecule has 158 valence electrons. The van der Waals surface area contributed by atoms with Gasteiger partial charge in [-0.3, -0.25) is 9.59 Å². The summed E-state index contributed by atoms with van der Waals surface area (Å²) in [6, 6.07) is 6.17. The van der Waals surface area contributed by atoms with Crippen molar-refractivity contribution in [3.05, 3.63) is 50.9 Å². The number of hydrogen-bond donors (Lipinski definition) is 1. The predicted octanol–water partition coefficient (Wildman–Crippen LogP) is 3.01. The predicted molar refractivity (Wildman–Crippen MR) is 123 cm³/mol. The standard InChI is InChI=1S/C22H27N5O2S/c1-5-26-8-10-27(11-9-26)16-6-7-17(14(2)12-16)24-20(28)19-15(3)18-21(30-19)23-13-25(4)22(18)29/h6-7,12-13H,5,8-11H2,1-4H3,(H,24,28). The summed E-state index contributed by atoms with van der Waals surface area (Å²) in [7, 11) is 1.67. The molecule has 1 saturated heterocycles. The maximum Gasteiger partial charge on any atom is 0.266 e. The minimum Gasteiger partial charge on any atom is -0.369 e. The molecule has 3 aromatic rings. The normalized spacial score (nSPS) is 15.0. The number of nitrogens with zero attached hydrogens (tertiary/aromatic N) is 4. The number of likely N-dealkylation sites (N-methyl/N-ethyl adjacent to an activating group) is 1. The van der Waals surface area contributed by atoms with E-state index in [4.69, 9.17) is 0 Å². The highest BCUT2D eigenvalue weighted by Crippen LogP contribution is 2.29. The first-order chi connectivity index (χ1) is 14.4. The van der Waals surface area contributed by atoms with Crippen LogP contribution in [0.15, 0.2) is 29.3 Å². The van der Waals surface area contributed by atoms with Crippen molar-refractivity contribution in [3.8, 4) is 0 Å². The summed E-state index contributed by atoms with van der Waals surface area (Å²) in [5, 5.41) is 3.54. The average molecular weight is 426 g/mol. The molecular formula is C22H27N5O2S. The number of carbonyl (C=O) groups excluding carboxylic acids is 1. The molecule has 0 unspecified atom stereocenters. The van der Waals surface area contributed by atoms with E-state index in [2.05, 4.69) is 39.2 Å². The number of aryl methyl sites for hydroxylation is 3. The van der Waals surface area contributed by atoms with Crippen LogP contribution in [0.2, 0.25) is 0 Å². The molecule has 30 heavy (non-hydrogen) atoms. The van der Waals surface area contributed by atoms with E-state index in [1.54, 1.807) is 7.05 Å². The lowest BCUT2D eigenvalue weighted by atomic mass is 10.1. The van der Waals surface area contributed by atoms with Gasteiger partial charge >= 0.3 is 0 Å². The Kier molecular flexibility index (Phi) is 5.62. The maximum absolute atomic E-state index is 13.0. The summed E-state index contributed by atoms with van der Waals surface area (Å²) in [5.41, 5.74) is 3.55. The number of amides is 1. The van der Waals surface area contributed by atoms with Crippen molar-refractivity contribution in [3.63, 3.8) is 0 Å². The van der Waals surface area contributed by atoms with E-state index in [9.17, 15) is 9.59 Å². The van der Waals surface area contributed by atoms with Gasteiger partial charge in [-0.05, 0) is 49.7 Å². The summed E-state index contributed by atoms with van der Waals surface area (Å²) >= 11 is 1.26. The summed E-state index contributed by atoms with van der Waals surface area (Å²) in [6.07, 6.45) is 1.49. The second-order valence-electron chi connectivity index (χ2n) is 7.77. The zero-order valence-electron chi connectivity index (χ0n) is 17.9. The van der Waals surface area contributed by atoms with Gasteiger partial charge in [0, 0.05) is 44.6 Å². The molecule has 1 fully saturated rings. The molecule has 1 aliphatic rings. The van der Waals surface area contributed by atoms with Crippen LogP contribution in [-0.2, 0) is 7.05 Å². The van der Waals surface area contributed by atoms with Gasteiger partial charge in [-0.2, -0.15) is 0 Å². The molecule has 1 aromatic carbocycles. The SMILES string of the molecule is CCN1CCN(c2ccc(NC(=O)c3sc4ncn(C)c(=O)c4c3C)c(C)c2)CC1. The number of rotatable bonds is 4. The molecular weight excluding hydrogens is 398 g/mol. The number of carbonyl (C=O) groups is 1. The van der Waals surface area contributed by atoms with Crippen molar-refractivity contribution in [1.29, 1.82) is 0 Å². The lowest BCUT2D eigenvalue weighted by molar-refractivity contribution is 0.103. The van der Waals surface area contributed by atoms with Crippen LogP contribution in [0.25, 0.3) is 10.2 Å². The summed E-state index contributed by atoms with van der Waals surface area (Å²) in [5.74, 6) is -0.204. The molecule has 0 saturated carbocycles. The van der Waals surface area contributed by atoms with Gasteiger partial charge in [-0.15, -0.1) is 11.3 Å². The molecule has 8 heteroatoms. The van der Waals surface area contributed by atoms with Gasteiger partial charge in [-0.1, -0.05) is 6.92 Å². The fourth-order valence-corrected chi connectivity index (χ4v) is 4.95. The van der Waals surface area contributed by atoms with Crippen molar-refractivity contribution in [2.24, 2.45) is 7.05 Å². The highest BCUT2D eigenvalue weighted by atomic mass is 32.1. The van der Waals surface area contributed by atoms with E-state index in [0.717, 1.165) is 44.0 Å². The van der Waals surface area contributed by atoms with Crippen molar-refractivity contribution >= 4 is 38.8 Å². The number of benzene rings is 1. The second kappa shape index (κ2) is 8.20.